The van der Waals surface area contributed by atoms with Crippen LogP contribution in [-0.4, -0.2) is 89.6 Å². The molecule has 0 radical (unpaired) electrons. The van der Waals surface area contributed by atoms with E-state index in [1.54, 1.807) is 63.5 Å². The second kappa shape index (κ2) is 14.4. The number of anilines is 3. The Morgan fingerprint density at radius 2 is 1.60 bits per heavy atom. The minimum atomic E-state index is -3.80. The second-order valence-corrected chi connectivity index (χ2v) is 13.0. The molecule has 11 nitrogen and oxygen atoms in total. The second-order valence-electron chi connectivity index (χ2n) is 11.0. The summed E-state index contributed by atoms with van der Waals surface area (Å²) in [4.78, 5) is 41.5. The van der Waals surface area contributed by atoms with Crippen LogP contribution in [0.3, 0.4) is 0 Å². The first-order chi connectivity index (χ1) is 21.4. The molecule has 0 unspecified atom stereocenters. The van der Waals surface area contributed by atoms with Gasteiger partial charge in [-0.15, -0.1) is 0 Å². The summed E-state index contributed by atoms with van der Waals surface area (Å²) in [5.74, 6) is -1.27. The van der Waals surface area contributed by atoms with Crippen LogP contribution in [0.25, 0.3) is 11.3 Å². The summed E-state index contributed by atoms with van der Waals surface area (Å²) >= 11 is 0. The van der Waals surface area contributed by atoms with Crippen LogP contribution in [0.1, 0.15) is 34.8 Å². The maximum atomic E-state index is 13.4. The van der Waals surface area contributed by atoms with E-state index in [0.717, 1.165) is 9.87 Å². The molecule has 0 atom stereocenters. The van der Waals surface area contributed by atoms with Gasteiger partial charge in [-0.2, -0.15) is 0 Å². The summed E-state index contributed by atoms with van der Waals surface area (Å²) in [5, 5.41) is 6.21. The average Bonchev–Trinajstić information content (AvgIpc) is 3.33. The fourth-order valence-electron chi connectivity index (χ4n) is 4.79. The molecule has 0 aromatic heterocycles. The first-order valence-electron chi connectivity index (χ1n) is 14.6. The zero-order chi connectivity index (χ0) is 32.7. The molecule has 0 aliphatic carbocycles. The number of likely N-dealkylation sites (N-methyl/N-ethyl adjacent to an activating group) is 1. The van der Waals surface area contributed by atoms with Crippen molar-refractivity contribution in [3.8, 4) is 0 Å². The Balaban J connectivity index is 1.70. The largest absolute Gasteiger partial charge is 0.462 e. The van der Waals surface area contributed by atoms with Gasteiger partial charge in [-0.3, -0.25) is 13.9 Å². The summed E-state index contributed by atoms with van der Waals surface area (Å²) in [6.07, 6.45) is 0.417. The lowest BCUT2D eigenvalue weighted by molar-refractivity contribution is -0.127. The lowest BCUT2D eigenvalue weighted by atomic mass is 9.99. The minimum Gasteiger partial charge on any atom is -0.462 e. The van der Waals surface area contributed by atoms with Gasteiger partial charge in [0.2, 0.25) is 15.9 Å². The van der Waals surface area contributed by atoms with E-state index < -0.39 is 16.0 Å². The highest BCUT2D eigenvalue weighted by Crippen LogP contribution is 2.38. The topological polar surface area (TPSA) is 128 Å². The van der Waals surface area contributed by atoms with E-state index in [1.165, 1.54) is 4.90 Å². The Hall–Kier alpha value is -4.68. The zero-order valence-corrected chi connectivity index (χ0v) is 27.0. The van der Waals surface area contributed by atoms with Crippen LogP contribution in [0.2, 0.25) is 0 Å². The molecule has 1 aliphatic heterocycles. The number of hydrogen-bond acceptors (Lipinski definition) is 8. The van der Waals surface area contributed by atoms with E-state index in [9.17, 15) is 22.8 Å². The van der Waals surface area contributed by atoms with Gasteiger partial charge in [0.05, 0.1) is 40.6 Å². The number of ether oxygens (including phenoxy) is 1. The number of carbonyl (C=O) groups is 3. The highest BCUT2D eigenvalue weighted by atomic mass is 32.2. The van der Waals surface area contributed by atoms with Crippen molar-refractivity contribution in [1.82, 2.24) is 9.80 Å². The summed E-state index contributed by atoms with van der Waals surface area (Å²) in [6.45, 7) is 2.23. The molecule has 0 fully saturated rings. The summed E-state index contributed by atoms with van der Waals surface area (Å²) < 4.78 is 33.0. The molecule has 2 amide bonds. The molecule has 0 spiro atoms. The number of fused-ring (bicyclic) bond motifs is 1. The van der Waals surface area contributed by atoms with Gasteiger partial charge in [0, 0.05) is 25.3 Å². The number of nitrogens with zero attached hydrogens (tertiary/aromatic N) is 3. The molecule has 0 saturated heterocycles. The fraction of sp³-hybridized carbons (Fsp3) is 0.303. The third-order valence-electron chi connectivity index (χ3n) is 7.13. The highest BCUT2D eigenvalue weighted by Gasteiger charge is 2.30. The van der Waals surface area contributed by atoms with Crippen molar-refractivity contribution in [3.05, 3.63) is 89.5 Å². The van der Waals surface area contributed by atoms with E-state index >= 15 is 0 Å². The lowest BCUT2D eigenvalue weighted by Crippen LogP contribution is -2.41. The Morgan fingerprint density at radius 3 is 2.22 bits per heavy atom. The molecule has 1 heterocycles. The van der Waals surface area contributed by atoms with Crippen molar-refractivity contribution < 1.29 is 27.5 Å². The number of nitrogens with one attached hydrogen (secondary N) is 2. The maximum Gasteiger partial charge on any atom is 0.338 e. The number of sulfonamides is 1. The molecule has 3 aromatic rings. The fourth-order valence-corrected chi connectivity index (χ4v) is 6.25. The van der Waals surface area contributed by atoms with Crippen molar-refractivity contribution in [1.29, 1.82) is 0 Å². The van der Waals surface area contributed by atoms with Crippen LogP contribution in [-0.2, 0) is 24.3 Å². The number of amides is 2. The van der Waals surface area contributed by atoms with Crippen molar-refractivity contribution >= 4 is 56.1 Å². The number of hydrogen-bond donors (Lipinski definition) is 2. The molecular formula is C33H39N5O6S. The van der Waals surface area contributed by atoms with E-state index in [0.29, 0.717) is 52.4 Å². The number of esters is 1. The number of carbonyl (C=O) groups excluding carboxylic acids is 3. The first kappa shape index (κ1) is 33.2. The van der Waals surface area contributed by atoms with Gasteiger partial charge in [0.15, 0.2) is 0 Å². The molecule has 238 valence electrons. The van der Waals surface area contributed by atoms with Crippen molar-refractivity contribution in [2.45, 2.75) is 13.3 Å². The van der Waals surface area contributed by atoms with Crippen LogP contribution in [0.4, 0.5) is 17.1 Å². The number of rotatable bonds is 13. The third-order valence-corrected chi connectivity index (χ3v) is 8.95. The van der Waals surface area contributed by atoms with Crippen LogP contribution >= 0.6 is 0 Å². The SMILES string of the molecule is CCOC(=O)c1ccc2c(c1)NC(=O)C2=C(Nc1ccc(N(CC(=O)N(C)C)S(=O)(=O)CCCN(C)C)cc1)c1ccccc1. The van der Waals surface area contributed by atoms with Crippen molar-refractivity contribution in [3.63, 3.8) is 0 Å². The predicted octanol–water partition coefficient (Wildman–Crippen LogP) is 3.97. The van der Waals surface area contributed by atoms with Crippen LogP contribution in [0.5, 0.6) is 0 Å². The molecule has 2 N–H and O–H groups in total. The van der Waals surface area contributed by atoms with Crippen LogP contribution in [0, 0.1) is 0 Å². The Kier molecular flexibility index (Phi) is 10.6. The van der Waals surface area contributed by atoms with Gasteiger partial charge >= 0.3 is 5.97 Å². The monoisotopic (exact) mass is 633 g/mol. The van der Waals surface area contributed by atoms with Gasteiger partial charge in [0.1, 0.15) is 6.54 Å². The van der Waals surface area contributed by atoms with Gasteiger partial charge in [0.25, 0.3) is 5.91 Å². The Morgan fingerprint density at radius 1 is 0.911 bits per heavy atom. The Bertz CT molecular complexity index is 1690. The molecular weight excluding hydrogens is 594 g/mol. The molecule has 1 aliphatic rings. The predicted molar refractivity (Wildman–Crippen MR) is 177 cm³/mol. The number of benzene rings is 3. The normalized spacial score (nSPS) is 13.6. The van der Waals surface area contributed by atoms with E-state index in [2.05, 4.69) is 10.6 Å². The smallest absolute Gasteiger partial charge is 0.338 e. The summed E-state index contributed by atoms with van der Waals surface area (Å²) in [5.41, 5.74) is 4.05. The lowest BCUT2D eigenvalue weighted by Gasteiger charge is -2.26. The third kappa shape index (κ3) is 8.08. The van der Waals surface area contributed by atoms with Gasteiger partial charge in [-0.25, -0.2) is 13.2 Å². The average molecular weight is 634 g/mol. The quantitative estimate of drug-likeness (QED) is 0.214. The molecule has 3 aromatic carbocycles. The summed E-state index contributed by atoms with van der Waals surface area (Å²) in [6, 6.07) is 21.0. The van der Waals surface area contributed by atoms with E-state index in [-0.39, 0.29) is 30.7 Å². The van der Waals surface area contributed by atoms with Crippen LogP contribution in [0.15, 0.2) is 72.8 Å². The molecule has 12 heteroatoms. The zero-order valence-electron chi connectivity index (χ0n) is 26.2. The summed E-state index contributed by atoms with van der Waals surface area (Å²) in [7, 11) is 3.11. The van der Waals surface area contributed by atoms with E-state index in [4.69, 9.17) is 4.74 Å². The van der Waals surface area contributed by atoms with Gasteiger partial charge < -0.3 is 25.2 Å². The molecule has 0 bridgehead atoms. The molecule has 4 rings (SSSR count). The van der Waals surface area contributed by atoms with Crippen molar-refractivity contribution in [2.75, 3.05) is 68.6 Å². The molecule has 0 saturated carbocycles. The maximum absolute atomic E-state index is 13.4. The van der Waals surface area contributed by atoms with Crippen LogP contribution < -0.4 is 14.9 Å². The minimum absolute atomic E-state index is 0.109. The standard InChI is InChI=1S/C33H39N5O6S/c1-6-44-33(41)24-13-18-27-28(21-24)35-32(40)30(27)31(23-11-8-7-9-12-23)34-25-14-16-26(17-15-25)38(22-29(39)37(4)5)45(42,43)20-10-19-36(2)3/h7-9,11-18,21,34H,6,10,19-20,22H2,1-5H3,(H,35,40). The highest BCUT2D eigenvalue weighted by molar-refractivity contribution is 7.92. The first-order valence-corrected chi connectivity index (χ1v) is 16.2. The Labute approximate surface area is 264 Å². The van der Waals surface area contributed by atoms with E-state index in [1.807, 2.05) is 49.3 Å². The van der Waals surface area contributed by atoms with Gasteiger partial charge in [-0.1, -0.05) is 36.4 Å². The van der Waals surface area contributed by atoms with Gasteiger partial charge in [-0.05, 0) is 75.9 Å². The molecule has 45 heavy (non-hydrogen) atoms. The van der Waals surface area contributed by atoms with Crippen molar-refractivity contribution in [2.24, 2.45) is 0 Å².